The van der Waals surface area contributed by atoms with E-state index in [1.165, 1.54) is 13.8 Å². The lowest BCUT2D eigenvalue weighted by molar-refractivity contribution is -0.269. The fraction of sp³-hybridized carbons (Fsp3) is 0.952. The first-order chi connectivity index (χ1) is 14.6. The molecule has 0 fully saturated rings. The predicted octanol–water partition coefficient (Wildman–Crippen LogP) is 5.81. The molecule has 2 unspecified atom stereocenters. The average Bonchev–Trinajstić information content (AvgIpc) is 2.58. The zero-order chi connectivity index (χ0) is 24.9. The van der Waals surface area contributed by atoms with Crippen LogP contribution in [-0.4, -0.2) is 53.1 Å². The molecule has 11 heteroatoms. The van der Waals surface area contributed by atoms with Crippen LogP contribution in [0.15, 0.2) is 0 Å². The maximum absolute atomic E-state index is 12.5. The number of aliphatic hydroxyl groups is 2. The fourth-order valence-corrected chi connectivity index (χ4v) is 3.51. The van der Waals surface area contributed by atoms with E-state index < -0.39 is 36.8 Å². The molecule has 2 atom stereocenters. The normalized spacial score (nSPS) is 16.6. The van der Waals surface area contributed by atoms with E-state index in [-0.39, 0.29) is 57.5 Å². The molecular formula is C21H36F6O5. The molecule has 0 saturated carbocycles. The first kappa shape index (κ1) is 31.1. The third-order valence-corrected chi connectivity index (χ3v) is 4.83. The summed E-state index contributed by atoms with van der Waals surface area (Å²) in [7, 11) is 0. The Morgan fingerprint density at radius 2 is 1.00 bits per heavy atom. The number of unbranched alkanes of at least 4 members (excludes halogenated alkanes) is 4. The number of halogens is 6. The third kappa shape index (κ3) is 16.7. The number of hydrogen-bond donors (Lipinski definition) is 2. The smallest absolute Gasteiger partial charge is 0.365 e. The molecule has 0 heterocycles. The molecular weight excluding hydrogens is 446 g/mol. The summed E-state index contributed by atoms with van der Waals surface area (Å²) in [5, 5.41) is 20.0. The summed E-state index contributed by atoms with van der Waals surface area (Å²) in [6, 6.07) is 0. The molecule has 32 heavy (non-hydrogen) atoms. The number of alkyl halides is 6. The van der Waals surface area contributed by atoms with Crippen LogP contribution in [0.1, 0.15) is 90.9 Å². The molecule has 0 saturated heterocycles. The van der Waals surface area contributed by atoms with Crippen LogP contribution in [0.4, 0.5) is 26.3 Å². The minimum absolute atomic E-state index is 0.0456. The van der Waals surface area contributed by atoms with E-state index in [0.29, 0.717) is 25.7 Å². The number of hydrogen-bond acceptors (Lipinski definition) is 5. The highest BCUT2D eigenvalue weighted by Gasteiger charge is 2.42. The minimum Gasteiger partial charge on any atom is -0.365 e. The molecule has 192 valence electrons. The summed E-state index contributed by atoms with van der Waals surface area (Å²) in [6.45, 7) is 2.88. The Kier molecular flexibility index (Phi) is 14.0. The van der Waals surface area contributed by atoms with Crippen molar-refractivity contribution in [3.05, 3.63) is 0 Å². The van der Waals surface area contributed by atoms with E-state index in [9.17, 15) is 41.4 Å². The Labute approximate surface area is 185 Å². The van der Waals surface area contributed by atoms with Crippen LogP contribution in [0.25, 0.3) is 0 Å². The van der Waals surface area contributed by atoms with Crippen molar-refractivity contribution < 1.29 is 50.8 Å². The number of carbonyl (C=O) groups is 1. The monoisotopic (exact) mass is 482 g/mol. The largest absolute Gasteiger partial charge is 0.394 e. The van der Waals surface area contributed by atoms with Crippen LogP contribution in [0.5, 0.6) is 0 Å². The van der Waals surface area contributed by atoms with E-state index >= 15 is 0 Å². The van der Waals surface area contributed by atoms with Gasteiger partial charge in [-0.25, -0.2) is 0 Å². The third-order valence-electron chi connectivity index (χ3n) is 4.83. The lowest BCUT2D eigenvalue weighted by Crippen LogP contribution is -2.37. The van der Waals surface area contributed by atoms with Crippen LogP contribution < -0.4 is 0 Å². The summed E-state index contributed by atoms with van der Waals surface area (Å²) in [5.41, 5.74) is 0. The summed E-state index contributed by atoms with van der Waals surface area (Å²) < 4.78 is 85.0. The van der Waals surface area contributed by atoms with Gasteiger partial charge in [0.15, 0.2) is 11.6 Å². The number of rotatable bonds is 18. The quantitative estimate of drug-likeness (QED) is 0.146. The van der Waals surface area contributed by atoms with Crippen molar-refractivity contribution in [2.45, 2.75) is 115 Å². The molecule has 0 radical (unpaired) electrons. The van der Waals surface area contributed by atoms with E-state index in [1.54, 1.807) is 0 Å². The molecule has 0 aromatic rings. The van der Waals surface area contributed by atoms with Crippen LogP contribution in [0.2, 0.25) is 0 Å². The van der Waals surface area contributed by atoms with Crippen LogP contribution in [0.3, 0.4) is 0 Å². The van der Waals surface area contributed by atoms with E-state index in [2.05, 4.69) is 0 Å². The molecule has 2 N–H and O–H groups in total. The standard InChI is InChI=1S/C21H36F6O5/c1-3-31-18(29,15-20(22,23)24)13-9-5-7-11-17(28)12-8-6-10-14-19(30,32-4-2)16-21(25,26)27/h29-30H,3-16H2,1-2H3. The molecule has 0 rings (SSSR count). The number of ether oxygens (including phenoxy) is 2. The topological polar surface area (TPSA) is 76.0 Å². The highest BCUT2D eigenvalue weighted by molar-refractivity contribution is 5.78. The van der Waals surface area contributed by atoms with E-state index in [4.69, 9.17) is 9.47 Å². The molecule has 0 spiro atoms. The van der Waals surface area contributed by atoms with Crippen molar-refractivity contribution in [1.82, 2.24) is 0 Å². The Hall–Kier alpha value is -0.910. The van der Waals surface area contributed by atoms with Gasteiger partial charge in [-0.05, 0) is 39.5 Å². The second kappa shape index (κ2) is 14.4. The highest BCUT2D eigenvalue weighted by atomic mass is 19.4. The lowest BCUT2D eigenvalue weighted by Gasteiger charge is -2.28. The lowest BCUT2D eigenvalue weighted by atomic mass is 10.00. The first-order valence-corrected chi connectivity index (χ1v) is 11.0. The summed E-state index contributed by atoms with van der Waals surface area (Å²) in [6.07, 6.45) is -9.51. The minimum atomic E-state index is -4.55. The van der Waals surface area contributed by atoms with E-state index in [0.717, 1.165) is 0 Å². The van der Waals surface area contributed by atoms with Crippen LogP contribution >= 0.6 is 0 Å². The van der Waals surface area contributed by atoms with Gasteiger partial charge in [-0.3, -0.25) is 4.79 Å². The molecule has 0 amide bonds. The molecule has 0 aromatic heterocycles. The Bertz CT molecular complexity index is 482. The Morgan fingerprint density at radius 1 is 0.656 bits per heavy atom. The molecule has 0 aromatic carbocycles. The van der Waals surface area contributed by atoms with Crippen molar-refractivity contribution in [3.8, 4) is 0 Å². The van der Waals surface area contributed by atoms with E-state index in [1.807, 2.05) is 0 Å². The van der Waals surface area contributed by atoms with Gasteiger partial charge in [0.05, 0.1) is 12.8 Å². The second-order valence-electron chi connectivity index (χ2n) is 8.00. The number of ketones is 1. The first-order valence-electron chi connectivity index (χ1n) is 11.0. The number of carbonyl (C=O) groups excluding carboxylic acids is 1. The van der Waals surface area contributed by atoms with Gasteiger partial charge >= 0.3 is 12.4 Å². The second-order valence-corrected chi connectivity index (χ2v) is 8.00. The SMILES string of the molecule is CCOC(O)(CCCCCC(=O)CCCCCC(O)(CC(F)(F)F)OCC)CC(F)(F)F. The van der Waals surface area contributed by atoms with Crippen molar-refractivity contribution in [2.24, 2.45) is 0 Å². The van der Waals surface area contributed by atoms with Crippen molar-refractivity contribution >= 4 is 5.78 Å². The van der Waals surface area contributed by atoms with Gasteiger partial charge in [0.1, 0.15) is 5.78 Å². The van der Waals surface area contributed by atoms with Crippen molar-refractivity contribution in [2.75, 3.05) is 13.2 Å². The zero-order valence-corrected chi connectivity index (χ0v) is 18.8. The molecule has 0 aliphatic carbocycles. The average molecular weight is 483 g/mol. The maximum Gasteiger partial charge on any atom is 0.394 e. The fourth-order valence-electron chi connectivity index (χ4n) is 3.51. The Morgan fingerprint density at radius 3 is 1.28 bits per heavy atom. The van der Waals surface area contributed by atoms with Gasteiger partial charge in [0.2, 0.25) is 0 Å². The van der Waals surface area contributed by atoms with Crippen LogP contribution in [-0.2, 0) is 14.3 Å². The van der Waals surface area contributed by atoms with Crippen molar-refractivity contribution in [3.63, 3.8) is 0 Å². The maximum atomic E-state index is 12.5. The van der Waals surface area contributed by atoms with Gasteiger partial charge in [0.25, 0.3) is 0 Å². The summed E-state index contributed by atoms with van der Waals surface area (Å²) >= 11 is 0. The molecule has 0 aliphatic rings. The number of Topliss-reactive ketones (excluding diaryl/α,β-unsaturated/α-hetero) is 1. The predicted molar refractivity (Wildman–Crippen MR) is 106 cm³/mol. The van der Waals surface area contributed by atoms with Gasteiger partial charge in [-0.15, -0.1) is 0 Å². The molecule has 0 aliphatic heterocycles. The summed E-state index contributed by atoms with van der Waals surface area (Å²) in [4.78, 5) is 11.9. The Balaban J connectivity index is 4.07. The molecule has 5 nitrogen and oxygen atoms in total. The summed E-state index contributed by atoms with van der Waals surface area (Å²) in [5.74, 6) is -4.56. The van der Waals surface area contributed by atoms with Crippen molar-refractivity contribution in [1.29, 1.82) is 0 Å². The van der Waals surface area contributed by atoms with Gasteiger partial charge < -0.3 is 19.7 Å². The molecule has 0 bridgehead atoms. The highest BCUT2D eigenvalue weighted by Crippen LogP contribution is 2.33. The van der Waals surface area contributed by atoms with Gasteiger partial charge in [-0.2, -0.15) is 26.3 Å². The van der Waals surface area contributed by atoms with Crippen LogP contribution in [0, 0.1) is 0 Å². The van der Waals surface area contributed by atoms with Gasteiger partial charge in [0, 0.05) is 38.9 Å². The zero-order valence-electron chi connectivity index (χ0n) is 18.8. The van der Waals surface area contributed by atoms with Gasteiger partial charge in [-0.1, -0.05) is 12.8 Å².